The van der Waals surface area contributed by atoms with Crippen molar-refractivity contribution in [1.82, 2.24) is 25.1 Å². The van der Waals surface area contributed by atoms with Crippen LogP contribution >= 0.6 is 11.3 Å². The second kappa shape index (κ2) is 5.65. The van der Waals surface area contributed by atoms with Crippen LogP contribution in [0.3, 0.4) is 0 Å². The topological polar surface area (TPSA) is 105 Å². The zero-order valence-electron chi connectivity index (χ0n) is 12.0. The van der Waals surface area contributed by atoms with Crippen LogP contribution in [0.5, 0.6) is 0 Å². The minimum atomic E-state index is 0.237. The van der Waals surface area contributed by atoms with Gasteiger partial charge in [-0.15, -0.1) is 11.3 Å². The number of aromatic amines is 1. The van der Waals surface area contributed by atoms with E-state index in [-0.39, 0.29) is 5.95 Å². The van der Waals surface area contributed by atoms with Crippen LogP contribution in [0.25, 0.3) is 22.2 Å². The number of fused-ring (bicyclic) bond motifs is 1. The number of H-pyrrole nitrogens is 1. The van der Waals surface area contributed by atoms with Crippen molar-refractivity contribution in [2.24, 2.45) is 0 Å². The van der Waals surface area contributed by atoms with Gasteiger partial charge >= 0.3 is 0 Å². The van der Waals surface area contributed by atoms with E-state index in [1.807, 2.05) is 29.6 Å². The molecule has 114 valence electrons. The van der Waals surface area contributed by atoms with E-state index in [1.54, 1.807) is 23.7 Å². The number of nitrogens with one attached hydrogen (secondary N) is 2. The second-order valence-corrected chi connectivity index (χ2v) is 5.89. The molecule has 0 spiro atoms. The lowest BCUT2D eigenvalue weighted by molar-refractivity contribution is 1.08. The zero-order valence-corrected chi connectivity index (χ0v) is 12.8. The minimum absolute atomic E-state index is 0.237. The molecule has 4 N–H and O–H groups in total. The molecule has 0 fully saturated rings. The van der Waals surface area contributed by atoms with E-state index in [0.29, 0.717) is 12.4 Å². The number of hydrogen-bond acceptors (Lipinski definition) is 7. The van der Waals surface area contributed by atoms with Gasteiger partial charge in [0.1, 0.15) is 10.8 Å². The van der Waals surface area contributed by atoms with Crippen molar-refractivity contribution in [3.8, 4) is 11.3 Å². The maximum atomic E-state index is 5.85. The van der Waals surface area contributed by atoms with Gasteiger partial charge in [0.05, 0.1) is 17.8 Å². The molecule has 0 atom stereocenters. The fourth-order valence-corrected chi connectivity index (χ4v) is 2.92. The summed E-state index contributed by atoms with van der Waals surface area (Å²) >= 11 is 1.59. The molecule has 0 saturated carbocycles. The molecule has 3 aromatic heterocycles. The highest BCUT2D eigenvalue weighted by Gasteiger charge is 2.09. The van der Waals surface area contributed by atoms with Crippen molar-refractivity contribution < 1.29 is 0 Å². The smallest absolute Gasteiger partial charge is 0.222 e. The van der Waals surface area contributed by atoms with Gasteiger partial charge in [0.2, 0.25) is 5.95 Å². The van der Waals surface area contributed by atoms with Crippen LogP contribution in [0, 0.1) is 0 Å². The number of thiazole rings is 1. The highest BCUT2D eigenvalue weighted by molar-refractivity contribution is 7.09. The van der Waals surface area contributed by atoms with Gasteiger partial charge in [0, 0.05) is 28.7 Å². The largest absolute Gasteiger partial charge is 0.368 e. The van der Waals surface area contributed by atoms with E-state index < -0.39 is 0 Å². The van der Waals surface area contributed by atoms with E-state index in [0.717, 1.165) is 27.2 Å². The summed E-state index contributed by atoms with van der Waals surface area (Å²) in [6.07, 6.45) is 3.50. The molecule has 0 aliphatic rings. The maximum Gasteiger partial charge on any atom is 0.222 e. The predicted octanol–water partition coefficient (Wildman–Crippen LogP) is 2.67. The van der Waals surface area contributed by atoms with Gasteiger partial charge in [0.25, 0.3) is 0 Å². The van der Waals surface area contributed by atoms with Gasteiger partial charge in [-0.25, -0.2) is 9.97 Å². The van der Waals surface area contributed by atoms with Crippen LogP contribution in [0.2, 0.25) is 0 Å². The average Bonchev–Trinajstić information content (AvgIpc) is 3.25. The van der Waals surface area contributed by atoms with Crippen molar-refractivity contribution in [3.63, 3.8) is 0 Å². The molecular weight excluding hydrogens is 310 g/mol. The highest BCUT2D eigenvalue weighted by Crippen LogP contribution is 2.26. The minimum Gasteiger partial charge on any atom is -0.368 e. The van der Waals surface area contributed by atoms with E-state index in [4.69, 9.17) is 5.73 Å². The summed E-state index contributed by atoms with van der Waals surface area (Å²) in [7, 11) is 0. The molecule has 0 radical (unpaired) electrons. The van der Waals surface area contributed by atoms with Crippen molar-refractivity contribution in [2.45, 2.75) is 6.54 Å². The molecule has 0 unspecified atom stereocenters. The first-order valence-corrected chi connectivity index (χ1v) is 7.87. The van der Waals surface area contributed by atoms with Crippen LogP contribution in [0.1, 0.15) is 5.01 Å². The van der Waals surface area contributed by atoms with Gasteiger partial charge in [0.15, 0.2) is 0 Å². The second-order valence-electron chi connectivity index (χ2n) is 4.91. The third-order valence-corrected chi connectivity index (χ3v) is 4.20. The Labute approximate surface area is 135 Å². The fraction of sp³-hybridized carbons (Fsp3) is 0.0667. The van der Waals surface area contributed by atoms with Gasteiger partial charge in [-0.05, 0) is 18.2 Å². The lowest BCUT2D eigenvalue weighted by Crippen LogP contribution is -2.05. The summed E-state index contributed by atoms with van der Waals surface area (Å²) < 4.78 is 0. The van der Waals surface area contributed by atoms with Crippen LogP contribution < -0.4 is 11.1 Å². The summed E-state index contributed by atoms with van der Waals surface area (Å²) in [5.74, 6) is 0.944. The Kier molecular flexibility index (Phi) is 3.35. The fourth-order valence-electron chi connectivity index (χ4n) is 2.37. The summed E-state index contributed by atoms with van der Waals surface area (Å²) in [6, 6.07) is 7.86. The number of rotatable bonds is 4. The Morgan fingerprint density at radius 3 is 2.91 bits per heavy atom. The molecule has 4 aromatic rings. The van der Waals surface area contributed by atoms with Gasteiger partial charge in [-0.3, -0.25) is 5.10 Å². The highest BCUT2D eigenvalue weighted by atomic mass is 32.1. The summed E-state index contributed by atoms with van der Waals surface area (Å²) in [5.41, 5.74) is 8.56. The molecule has 4 rings (SSSR count). The van der Waals surface area contributed by atoms with Crippen molar-refractivity contribution in [1.29, 1.82) is 0 Å². The first-order chi connectivity index (χ1) is 11.3. The monoisotopic (exact) mass is 323 g/mol. The Morgan fingerprint density at radius 1 is 1.17 bits per heavy atom. The molecule has 3 heterocycles. The predicted molar refractivity (Wildman–Crippen MR) is 91.0 cm³/mol. The van der Waals surface area contributed by atoms with Crippen molar-refractivity contribution in [2.75, 3.05) is 11.1 Å². The quantitative estimate of drug-likeness (QED) is 0.533. The van der Waals surface area contributed by atoms with Gasteiger partial charge in [-0.1, -0.05) is 6.07 Å². The standard InChI is InChI=1S/C15H13N7S/c16-15-20-12-7-9(11-3-4-19-22-11)1-2-10(12)14(21-15)18-8-13-17-5-6-23-13/h1-7H,8H2,(H,19,22)(H3,16,18,20,21). The van der Waals surface area contributed by atoms with Gasteiger partial charge in [-0.2, -0.15) is 10.1 Å². The summed E-state index contributed by atoms with van der Waals surface area (Å²) in [4.78, 5) is 12.9. The number of anilines is 2. The number of nitrogens with zero attached hydrogens (tertiary/aromatic N) is 4. The summed E-state index contributed by atoms with van der Waals surface area (Å²) in [6.45, 7) is 0.603. The van der Waals surface area contributed by atoms with Crippen molar-refractivity contribution in [3.05, 3.63) is 47.0 Å². The number of nitrogen functional groups attached to an aromatic ring is 1. The number of benzene rings is 1. The first kappa shape index (κ1) is 13.6. The van der Waals surface area contributed by atoms with Crippen LogP contribution in [0.15, 0.2) is 42.0 Å². The van der Waals surface area contributed by atoms with Crippen LogP contribution in [-0.4, -0.2) is 25.1 Å². The Hall–Kier alpha value is -3.00. The first-order valence-electron chi connectivity index (χ1n) is 6.99. The van der Waals surface area contributed by atoms with E-state index >= 15 is 0 Å². The Balaban J connectivity index is 1.73. The normalized spacial score (nSPS) is 11.0. The number of aromatic nitrogens is 5. The molecule has 1 aromatic carbocycles. The van der Waals surface area contributed by atoms with Gasteiger partial charge < -0.3 is 11.1 Å². The lowest BCUT2D eigenvalue weighted by atomic mass is 10.1. The molecule has 0 aliphatic heterocycles. The Morgan fingerprint density at radius 2 is 2.13 bits per heavy atom. The number of hydrogen-bond donors (Lipinski definition) is 3. The molecule has 8 heteroatoms. The van der Waals surface area contributed by atoms with E-state index in [2.05, 4.69) is 30.5 Å². The molecule has 0 bridgehead atoms. The van der Waals surface area contributed by atoms with Crippen LogP contribution in [0.4, 0.5) is 11.8 Å². The molecule has 0 amide bonds. The molecule has 0 saturated heterocycles. The molecule has 23 heavy (non-hydrogen) atoms. The lowest BCUT2D eigenvalue weighted by Gasteiger charge is -2.09. The zero-order chi connectivity index (χ0) is 15.6. The number of nitrogens with two attached hydrogens (primary N) is 1. The average molecular weight is 323 g/mol. The third-order valence-electron chi connectivity index (χ3n) is 3.42. The van der Waals surface area contributed by atoms with E-state index in [1.165, 1.54) is 0 Å². The maximum absolute atomic E-state index is 5.85. The van der Waals surface area contributed by atoms with Crippen molar-refractivity contribution >= 4 is 34.0 Å². The Bertz CT molecular complexity index is 932. The molecule has 7 nitrogen and oxygen atoms in total. The SMILES string of the molecule is Nc1nc(NCc2nccs2)c2ccc(-c3ccn[nH]3)cc2n1. The molecular formula is C15H13N7S. The summed E-state index contributed by atoms with van der Waals surface area (Å²) in [5, 5.41) is 14.0. The van der Waals surface area contributed by atoms with E-state index in [9.17, 15) is 0 Å². The van der Waals surface area contributed by atoms with Crippen LogP contribution in [-0.2, 0) is 6.54 Å². The molecule has 0 aliphatic carbocycles. The third kappa shape index (κ3) is 2.71.